The SMILES string of the molecule is O=S(=O)(c1ccc(OCCO)c(Cl)c1)c1ccc(OCCO)c(Cl)c1. The van der Waals surface area contributed by atoms with E-state index >= 15 is 0 Å². The van der Waals surface area contributed by atoms with E-state index in [1.165, 1.54) is 36.4 Å². The molecule has 0 bridgehead atoms. The Kier molecular flexibility index (Phi) is 6.92. The van der Waals surface area contributed by atoms with Gasteiger partial charge in [-0.15, -0.1) is 0 Å². The lowest BCUT2D eigenvalue weighted by Crippen LogP contribution is -2.05. The smallest absolute Gasteiger partial charge is 0.206 e. The lowest BCUT2D eigenvalue weighted by atomic mass is 10.3. The third-order valence-electron chi connectivity index (χ3n) is 3.12. The summed E-state index contributed by atoms with van der Waals surface area (Å²) in [5.41, 5.74) is 0. The van der Waals surface area contributed by atoms with Crippen LogP contribution in [0.4, 0.5) is 0 Å². The van der Waals surface area contributed by atoms with Gasteiger partial charge in [0.25, 0.3) is 0 Å². The highest BCUT2D eigenvalue weighted by Crippen LogP contribution is 2.33. The molecule has 0 atom stereocenters. The quantitative estimate of drug-likeness (QED) is 0.699. The first-order valence-electron chi connectivity index (χ1n) is 7.21. The van der Waals surface area contributed by atoms with Crippen LogP contribution in [0.3, 0.4) is 0 Å². The largest absolute Gasteiger partial charge is 0.490 e. The van der Waals surface area contributed by atoms with Gasteiger partial charge in [0.1, 0.15) is 24.7 Å². The molecule has 0 radical (unpaired) electrons. The molecule has 9 heteroatoms. The molecule has 2 aromatic carbocycles. The Morgan fingerprint density at radius 1 is 0.800 bits per heavy atom. The van der Waals surface area contributed by atoms with Crippen molar-refractivity contribution in [2.75, 3.05) is 26.4 Å². The minimum absolute atomic E-state index is 0.0195. The molecule has 6 nitrogen and oxygen atoms in total. The summed E-state index contributed by atoms with van der Waals surface area (Å²) in [5.74, 6) is 0.556. The number of hydrogen-bond acceptors (Lipinski definition) is 6. The maximum atomic E-state index is 12.7. The molecule has 0 spiro atoms. The zero-order valence-corrected chi connectivity index (χ0v) is 15.3. The van der Waals surface area contributed by atoms with Crippen molar-refractivity contribution < 1.29 is 28.1 Å². The average molecular weight is 407 g/mol. The molecule has 0 aliphatic heterocycles. The van der Waals surface area contributed by atoms with E-state index in [2.05, 4.69) is 0 Å². The number of halogens is 2. The van der Waals surface area contributed by atoms with Crippen molar-refractivity contribution in [3.8, 4) is 11.5 Å². The number of aliphatic hydroxyl groups excluding tert-OH is 2. The molecule has 0 amide bonds. The van der Waals surface area contributed by atoms with Crippen molar-refractivity contribution in [1.82, 2.24) is 0 Å². The lowest BCUT2D eigenvalue weighted by Gasteiger charge is -2.11. The van der Waals surface area contributed by atoms with Gasteiger partial charge in [-0.3, -0.25) is 0 Å². The minimum Gasteiger partial charge on any atom is -0.490 e. The molecule has 0 saturated carbocycles. The van der Waals surface area contributed by atoms with Crippen LogP contribution in [0, 0.1) is 0 Å². The molecule has 0 aliphatic rings. The molecular weight excluding hydrogens is 391 g/mol. The van der Waals surface area contributed by atoms with Crippen LogP contribution < -0.4 is 9.47 Å². The highest BCUT2D eigenvalue weighted by atomic mass is 35.5. The first kappa shape index (κ1) is 19.8. The van der Waals surface area contributed by atoms with Crippen molar-refractivity contribution in [2.45, 2.75) is 9.79 Å². The summed E-state index contributed by atoms with van der Waals surface area (Å²) >= 11 is 12.1. The van der Waals surface area contributed by atoms with E-state index in [4.69, 9.17) is 42.9 Å². The number of rotatable bonds is 8. The van der Waals surface area contributed by atoms with Crippen molar-refractivity contribution in [3.05, 3.63) is 46.4 Å². The second-order valence-corrected chi connectivity index (χ2v) is 7.60. The molecule has 0 aliphatic carbocycles. The molecule has 0 fully saturated rings. The Morgan fingerprint density at radius 2 is 1.20 bits per heavy atom. The fraction of sp³-hybridized carbons (Fsp3) is 0.250. The molecule has 136 valence electrons. The zero-order chi connectivity index (χ0) is 18.4. The lowest BCUT2D eigenvalue weighted by molar-refractivity contribution is 0.201. The van der Waals surface area contributed by atoms with Crippen LogP contribution >= 0.6 is 23.2 Å². The Bertz CT molecular complexity index is 775. The molecular formula is C16H16Cl2O6S. The number of ether oxygens (including phenoxy) is 2. The maximum absolute atomic E-state index is 12.7. The predicted molar refractivity (Wildman–Crippen MR) is 93.5 cm³/mol. The van der Waals surface area contributed by atoms with Gasteiger partial charge in [-0.1, -0.05) is 23.2 Å². The van der Waals surface area contributed by atoms with Crippen LogP contribution in [-0.2, 0) is 9.84 Å². The molecule has 2 rings (SSSR count). The molecule has 0 aromatic heterocycles. The Morgan fingerprint density at radius 3 is 1.52 bits per heavy atom. The Labute approximate surface area is 155 Å². The number of hydrogen-bond donors (Lipinski definition) is 2. The topological polar surface area (TPSA) is 93.1 Å². The summed E-state index contributed by atoms with van der Waals surface area (Å²) in [5, 5.41) is 17.7. The summed E-state index contributed by atoms with van der Waals surface area (Å²) in [6.07, 6.45) is 0. The van der Waals surface area contributed by atoms with Gasteiger partial charge in [0.05, 0.1) is 33.0 Å². The molecule has 25 heavy (non-hydrogen) atoms. The highest BCUT2D eigenvalue weighted by molar-refractivity contribution is 7.91. The van der Waals surface area contributed by atoms with Crippen molar-refractivity contribution in [1.29, 1.82) is 0 Å². The molecule has 0 heterocycles. The van der Waals surface area contributed by atoms with E-state index in [1.807, 2.05) is 0 Å². The third-order valence-corrected chi connectivity index (χ3v) is 5.46. The van der Waals surface area contributed by atoms with Crippen molar-refractivity contribution >= 4 is 33.0 Å². The van der Waals surface area contributed by atoms with Gasteiger partial charge in [0.2, 0.25) is 9.84 Å². The van der Waals surface area contributed by atoms with E-state index in [-0.39, 0.29) is 57.8 Å². The first-order valence-corrected chi connectivity index (χ1v) is 9.45. The molecule has 2 aromatic rings. The van der Waals surface area contributed by atoms with Crippen LogP contribution in [0.15, 0.2) is 46.2 Å². The number of aliphatic hydroxyl groups is 2. The fourth-order valence-corrected chi connectivity index (χ4v) is 3.89. The predicted octanol–water partition coefficient (Wildman–Crippen LogP) is 2.57. The van der Waals surface area contributed by atoms with Crippen molar-refractivity contribution in [2.24, 2.45) is 0 Å². The maximum Gasteiger partial charge on any atom is 0.206 e. The third kappa shape index (κ3) is 4.77. The van der Waals surface area contributed by atoms with Crippen LogP contribution in [0.2, 0.25) is 10.0 Å². The number of sulfone groups is 1. The second kappa shape index (κ2) is 8.73. The van der Waals surface area contributed by atoms with Gasteiger partial charge in [-0.25, -0.2) is 8.42 Å². The van der Waals surface area contributed by atoms with Crippen LogP contribution in [0.1, 0.15) is 0 Å². The van der Waals surface area contributed by atoms with Gasteiger partial charge < -0.3 is 19.7 Å². The van der Waals surface area contributed by atoms with E-state index < -0.39 is 9.84 Å². The van der Waals surface area contributed by atoms with Gasteiger partial charge in [0, 0.05) is 0 Å². The van der Waals surface area contributed by atoms with Crippen LogP contribution in [-0.4, -0.2) is 45.1 Å². The average Bonchev–Trinajstić information content (AvgIpc) is 2.59. The summed E-state index contributed by atoms with van der Waals surface area (Å²) in [6.45, 7) is -0.257. The van der Waals surface area contributed by atoms with Gasteiger partial charge in [-0.05, 0) is 36.4 Å². The standard InChI is InChI=1S/C16H16Cl2O6S/c17-13-9-11(1-3-15(13)23-7-5-19)25(21,22)12-2-4-16(14(18)10-12)24-8-6-20/h1-4,9-10,19-20H,5-8H2. The molecule has 2 N–H and O–H groups in total. The number of benzene rings is 2. The summed E-state index contributed by atoms with van der Waals surface area (Å²) in [7, 11) is -3.84. The normalized spacial score (nSPS) is 11.4. The summed E-state index contributed by atoms with van der Waals surface area (Å²) in [6, 6.07) is 8.10. The fourth-order valence-electron chi connectivity index (χ4n) is 1.98. The van der Waals surface area contributed by atoms with E-state index in [1.54, 1.807) is 0 Å². The van der Waals surface area contributed by atoms with Gasteiger partial charge in [0.15, 0.2) is 0 Å². The van der Waals surface area contributed by atoms with E-state index in [9.17, 15) is 8.42 Å². The summed E-state index contributed by atoms with van der Waals surface area (Å²) < 4.78 is 35.8. The molecule has 0 unspecified atom stereocenters. The van der Waals surface area contributed by atoms with E-state index in [0.29, 0.717) is 0 Å². The first-order chi connectivity index (χ1) is 11.9. The zero-order valence-electron chi connectivity index (χ0n) is 13.0. The van der Waals surface area contributed by atoms with Gasteiger partial charge >= 0.3 is 0 Å². The highest BCUT2D eigenvalue weighted by Gasteiger charge is 2.20. The van der Waals surface area contributed by atoms with Gasteiger partial charge in [-0.2, -0.15) is 0 Å². The van der Waals surface area contributed by atoms with Crippen molar-refractivity contribution in [3.63, 3.8) is 0 Å². The monoisotopic (exact) mass is 406 g/mol. The second-order valence-electron chi connectivity index (χ2n) is 4.83. The summed E-state index contributed by atoms with van der Waals surface area (Å²) in [4.78, 5) is -0.0390. The molecule has 0 saturated heterocycles. The van der Waals surface area contributed by atoms with E-state index in [0.717, 1.165) is 0 Å². The van der Waals surface area contributed by atoms with Crippen LogP contribution in [0.5, 0.6) is 11.5 Å². The Hall–Kier alpha value is -1.51. The Balaban J connectivity index is 2.32. The van der Waals surface area contributed by atoms with Crippen LogP contribution in [0.25, 0.3) is 0 Å². The minimum atomic E-state index is -3.84.